The largest absolute Gasteiger partial charge is 0.350 e. The van der Waals surface area contributed by atoms with Crippen LogP contribution < -0.4 is 10.6 Å². The maximum absolute atomic E-state index is 12.9. The van der Waals surface area contributed by atoms with E-state index in [1.54, 1.807) is 12.1 Å². The Morgan fingerprint density at radius 3 is 2.60 bits per heavy atom. The second kappa shape index (κ2) is 6.63. The predicted molar refractivity (Wildman–Crippen MR) is 80.7 cm³/mol. The summed E-state index contributed by atoms with van der Waals surface area (Å²) in [6.45, 7) is 3.29. The molecule has 20 heavy (non-hydrogen) atoms. The lowest BCUT2D eigenvalue weighted by Crippen LogP contribution is -2.29. The third kappa shape index (κ3) is 3.43. The molecule has 1 aromatic heterocycles. The number of nitrogens with one attached hydrogen (secondary N) is 2. The molecule has 106 valence electrons. The zero-order valence-corrected chi connectivity index (χ0v) is 12.3. The van der Waals surface area contributed by atoms with Gasteiger partial charge in [0.15, 0.2) is 0 Å². The summed E-state index contributed by atoms with van der Waals surface area (Å²) in [4.78, 5) is 13.7. The van der Waals surface area contributed by atoms with Crippen molar-refractivity contribution in [3.63, 3.8) is 0 Å². The highest BCUT2D eigenvalue weighted by molar-refractivity contribution is 7.17. The second-order valence-corrected chi connectivity index (χ2v) is 5.54. The van der Waals surface area contributed by atoms with Crippen molar-refractivity contribution in [2.45, 2.75) is 6.92 Å². The molecule has 3 nitrogen and oxygen atoms in total. The van der Waals surface area contributed by atoms with Crippen LogP contribution >= 0.6 is 11.3 Å². The normalized spacial score (nSPS) is 10.6. The van der Waals surface area contributed by atoms with E-state index in [2.05, 4.69) is 10.6 Å². The van der Waals surface area contributed by atoms with E-state index in [1.807, 2.05) is 20.0 Å². The van der Waals surface area contributed by atoms with Crippen molar-refractivity contribution in [3.05, 3.63) is 46.6 Å². The summed E-state index contributed by atoms with van der Waals surface area (Å²) < 4.78 is 12.9. The monoisotopic (exact) mass is 292 g/mol. The standard InChI is InChI=1S/C15H17FN2OS/c1-10-9-13(15(19)18-8-7-17-2)20-14(10)11-3-5-12(16)6-4-11/h3-6,9,17H,7-8H2,1-2H3,(H,18,19). The summed E-state index contributed by atoms with van der Waals surface area (Å²) in [6, 6.07) is 8.20. The van der Waals surface area contributed by atoms with Gasteiger partial charge in [-0.05, 0) is 43.3 Å². The molecule has 0 bridgehead atoms. The van der Waals surface area contributed by atoms with Crippen molar-refractivity contribution < 1.29 is 9.18 Å². The SMILES string of the molecule is CNCCNC(=O)c1cc(C)c(-c2ccc(F)cc2)s1. The van der Waals surface area contributed by atoms with Crippen LogP contribution in [0.3, 0.4) is 0 Å². The Balaban J connectivity index is 2.17. The molecule has 0 aliphatic rings. The molecule has 2 aromatic rings. The van der Waals surface area contributed by atoms with Gasteiger partial charge >= 0.3 is 0 Å². The van der Waals surface area contributed by atoms with Gasteiger partial charge in [-0.2, -0.15) is 0 Å². The van der Waals surface area contributed by atoms with Crippen molar-refractivity contribution in [2.24, 2.45) is 0 Å². The minimum atomic E-state index is -0.256. The van der Waals surface area contributed by atoms with Crippen molar-refractivity contribution in [1.82, 2.24) is 10.6 Å². The number of rotatable bonds is 5. The first kappa shape index (κ1) is 14.7. The molecule has 0 unspecified atom stereocenters. The first-order chi connectivity index (χ1) is 9.61. The third-order valence-electron chi connectivity index (χ3n) is 2.91. The molecule has 0 atom stereocenters. The van der Waals surface area contributed by atoms with Gasteiger partial charge in [0.1, 0.15) is 5.82 Å². The van der Waals surface area contributed by atoms with Gasteiger partial charge in [-0.15, -0.1) is 11.3 Å². The van der Waals surface area contributed by atoms with Crippen molar-refractivity contribution in [3.8, 4) is 10.4 Å². The molecular formula is C15H17FN2OS. The Kier molecular flexibility index (Phi) is 4.87. The zero-order valence-electron chi connectivity index (χ0n) is 11.5. The molecule has 0 radical (unpaired) electrons. The number of likely N-dealkylation sites (N-methyl/N-ethyl adjacent to an activating group) is 1. The highest BCUT2D eigenvalue weighted by Gasteiger charge is 2.13. The molecule has 0 aliphatic carbocycles. The molecule has 2 N–H and O–H groups in total. The molecule has 1 aromatic carbocycles. The minimum absolute atomic E-state index is 0.0679. The van der Waals surface area contributed by atoms with Crippen molar-refractivity contribution >= 4 is 17.2 Å². The van der Waals surface area contributed by atoms with E-state index in [-0.39, 0.29) is 11.7 Å². The van der Waals surface area contributed by atoms with Gasteiger partial charge in [0, 0.05) is 18.0 Å². The fraction of sp³-hybridized carbons (Fsp3) is 0.267. The van der Waals surface area contributed by atoms with Crippen LogP contribution in [0.1, 0.15) is 15.2 Å². The molecule has 0 aliphatic heterocycles. The number of carbonyl (C=O) groups excluding carboxylic acids is 1. The summed E-state index contributed by atoms with van der Waals surface area (Å²) in [7, 11) is 1.84. The van der Waals surface area contributed by atoms with Gasteiger partial charge in [-0.3, -0.25) is 4.79 Å². The summed E-state index contributed by atoms with van der Waals surface area (Å²) in [5.74, 6) is -0.324. The summed E-state index contributed by atoms with van der Waals surface area (Å²) >= 11 is 1.43. The van der Waals surface area contributed by atoms with E-state index >= 15 is 0 Å². The molecular weight excluding hydrogens is 275 g/mol. The Hall–Kier alpha value is -1.72. The Morgan fingerprint density at radius 1 is 1.25 bits per heavy atom. The van der Waals surface area contributed by atoms with E-state index in [1.165, 1.54) is 23.5 Å². The number of hydrogen-bond acceptors (Lipinski definition) is 3. The number of carbonyl (C=O) groups is 1. The Bertz CT molecular complexity index is 592. The third-order valence-corrected chi connectivity index (χ3v) is 4.19. The molecule has 0 fully saturated rings. The predicted octanol–water partition coefficient (Wildman–Crippen LogP) is 2.81. The number of halogens is 1. The molecule has 0 saturated carbocycles. The molecule has 1 amide bonds. The second-order valence-electron chi connectivity index (χ2n) is 4.49. The first-order valence-electron chi connectivity index (χ1n) is 6.41. The van der Waals surface area contributed by atoms with Gasteiger partial charge in [0.05, 0.1) is 4.88 Å². The number of thiophene rings is 1. The van der Waals surface area contributed by atoms with E-state index < -0.39 is 0 Å². The van der Waals surface area contributed by atoms with Gasteiger partial charge in [0.25, 0.3) is 5.91 Å². The average Bonchev–Trinajstić information content (AvgIpc) is 2.82. The molecule has 2 rings (SSSR count). The number of amides is 1. The highest BCUT2D eigenvalue weighted by Crippen LogP contribution is 2.32. The van der Waals surface area contributed by atoms with Crippen LogP contribution in [0.15, 0.2) is 30.3 Å². The zero-order chi connectivity index (χ0) is 14.5. The lowest BCUT2D eigenvalue weighted by atomic mass is 10.1. The van der Waals surface area contributed by atoms with Gasteiger partial charge in [-0.1, -0.05) is 12.1 Å². The van der Waals surface area contributed by atoms with Crippen LogP contribution in [0, 0.1) is 12.7 Å². The van der Waals surface area contributed by atoms with Crippen molar-refractivity contribution in [2.75, 3.05) is 20.1 Å². The van der Waals surface area contributed by atoms with Crippen molar-refractivity contribution in [1.29, 1.82) is 0 Å². The van der Waals surface area contributed by atoms with Crippen LogP contribution in [0.5, 0.6) is 0 Å². The smallest absolute Gasteiger partial charge is 0.261 e. The average molecular weight is 292 g/mol. The Labute approximate surface area is 121 Å². The van der Waals surface area contributed by atoms with Gasteiger partial charge < -0.3 is 10.6 Å². The van der Waals surface area contributed by atoms with E-state index in [4.69, 9.17) is 0 Å². The molecule has 0 saturated heterocycles. The van der Waals surface area contributed by atoms with Gasteiger partial charge in [-0.25, -0.2) is 4.39 Å². The lowest BCUT2D eigenvalue weighted by molar-refractivity contribution is 0.0958. The molecule has 5 heteroatoms. The first-order valence-corrected chi connectivity index (χ1v) is 7.22. The molecule has 1 heterocycles. The summed E-state index contributed by atoms with van der Waals surface area (Å²) in [5, 5.41) is 5.83. The number of aryl methyl sites for hydroxylation is 1. The molecule has 0 spiro atoms. The van der Waals surface area contributed by atoms with Gasteiger partial charge in [0.2, 0.25) is 0 Å². The lowest BCUT2D eigenvalue weighted by Gasteiger charge is -2.02. The van der Waals surface area contributed by atoms with E-state index in [0.29, 0.717) is 11.4 Å². The summed E-state index contributed by atoms with van der Waals surface area (Å²) in [5.41, 5.74) is 1.96. The Morgan fingerprint density at radius 2 is 1.95 bits per heavy atom. The quantitative estimate of drug-likeness (QED) is 0.832. The van der Waals surface area contributed by atoms with Crippen LogP contribution in [-0.4, -0.2) is 26.0 Å². The van der Waals surface area contributed by atoms with Crippen LogP contribution in [0.2, 0.25) is 0 Å². The van der Waals surface area contributed by atoms with Crippen LogP contribution in [-0.2, 0) is 0 Å². The fourth-order valence-electron chi connectivity index (χ4n) is 1.87. The van der Waals surface area contributed by atoms with E-state index in [0.717, 1.165) is 22.5 Å². The van der Waals surface area contributed by atoms with Crippen LogP contribution in [0.25, 0.3) is 10.4 Å². The maximum Gasteiger partial charge on any atom is 0.261 e. The number of benzene rings is 1. The maximum atomic E-state index is 12.9. The fourth-order valence-corrected chi connectivity index (χ4v) is 2.96. The minimum Gasteiger partial charge on any atom is -0.350 e. The number of hydrogen-bond donors (Lipinski definition) is 2. The highest BCUT2D eigenvalue weighted by atomic mass is 32.1. The topological polar surface area (TPSA) is 41.1 Å². The van der Waals surface area contributed by atoms with Crippen LogP contribution in [0.4, 0.5) is 4.39 Å². The summed E-state index contributed by atoms with van der Waals surface area (Å²) in [6.07, 6.45) is 0. The van der Waals surface area contributed by atoms with E-state index in [9.17, 15) is 9.18 Å².